The van der Waals surface area contributed by atoms with Crippen molar-refractivity contribution in [2.75, 3.05) is 17.3 Å². The van der Waals surface area contributed by atoms with E-state index in [1.807, 2.05) is 31.9 Å². The summed E-state index contributed by atoms with van der Waals surface area (Å²) in [5.41, 5.74) is 4.28. The second-order valence-corrected chi connectivity index (χ2v) is 7.49. The van der Waals surface area contributed by atoms with Gasteiger partial charge in [-0.15, -0.1) is 5.10 Å². The number of aromatic nitrogens is 4. The molecule has 1 aliphatic rings. The van der Waals surface area contributed by atoms with Crippen LogP contribution in [0.15, 0.2) is 30.5 Å². The van der Waals surface area contributed by atoms with Crippen molar-refractivity contribution in [1.82, 2.24) is 20.0 Å². The van der Waals surface area contributed by atoms with E-state index < -0.39 is 11.6 Å². The zero-order chi connectivity index (χ0) is 21.4. The predicted molar refractivity (Wildman–Crippen MR) is 108 cm³/mol. The van der Waals surface area contributed by atoms with E-state index in [-0.39, 0.29) is 24.1 Å². The van der Waals surface area contributed by atoms with Crippen LogP contribution in [0.3, 0.4) is 0 Å². The van der Waals surface area contributed by atoms with Gasteiger partial charge in [0.1, 0.15) is 6.04 Å². The van der Waals surface area contributed by atoms with Gasteiger partial charge in [0.2, 0.25) is 5.91 Å². The van der Waals surface area contributed by atoms with Crippen molar-refractivity contribution in [1.29, 1.82) is 0 Å². The lowest BCUT2D eigenvalue weighted by Gasteiger charge is -2.34. The highest BCUT2D eigenvalue weighted by Crippen LogP contribution is 2.33. The molecule has 156 valence electrons. The van der Waals surface area contributed by atoms with Crippen LogP contribution in [-0.2, 0) is 24.2 Å². The minimum atomic E-state index is -0.878. The number of fused-ring (bicyclic) bond motifs is 1. The van der Waals surface area contributed by atoms with Crippen molar-refractivity contribution in [3.63, 3.8) is 0 Å². The number of aryl methyl sites for hydroxylation is 3. The van der Waals surface area contributed by atoms with Crippen LogP contribution < -0.4 is 10.2 Å². The van der Waals surface area contributed by atoms with Crippen molar-refractivity contribution in [2.24, 2.45) is 0 Å². The smallest absolute Gasteiger partial charge is 0.246 e. The van der Waals surface area contributed by atoms with Crippen molar-refractivity contribution >= 4 is 17.3 Å². The minimum Gasteiger partial charge on any atom is -0.361 e. The molecule has 0 saturated carbocycles. The number of carbonyl (C=O) groups excluding carboxylic acids is 1. The Kier molecular flexibility index (Phi) is 5.19. The first-order chi connectivity index (χ1) is 14.3. The quantitative estimate of drug-likeness (QED) is 0.698. The lowest BCUT2D eigenvalue weighted by molar-refractivity contribution is -0.117. The Hall–Kier alpha value is -3.36. The van der Waals surface area contributed by atoms with Gasteiger partial charge < -0.3 is 10.2 Å². The molecule has 0 bridgehead atoms. The summed E-state index contributed by atoms with van der Waals surface area (Å²) in [6, 6.07) is 5.80. The van der Waals surface area contributed by atoms with E-state index in [2.05, 4.69) is 20.6 Å². The van der Waals surface area contributed by atoms with Crippen LogP contribution in [0.5, 0.6) is 0 Å². The van der Waals surface area contributed by atoms with Crippen molar-refractivity contribution < 1.29 is 13.6 Å². The molecular weight excluding hydrogens is 390 g/mol. The lowest BCUT2D eigenvalue weighted by Crippen LogP contribution is -2.44. The van der Waals surface area contributed by atoms with E-state index in [9.17, 15) is 13.6 Å². The molecule has 2 aromatic heterocycles. The van der Waals surface area contributed by atoms with E-state index in [0.717, 1.165) is 34.5 Å². The highest BCUT2D eigenvalue weighted by atomic mass is 19.2. The van der Waals surface area contributed by atoms with Gasteiger partial charge in [-0.05, 0) is 38.8 Å². The fraction of sp³-hybridized carbons (Fsp3) is 0.333. The molecule has 3 heterocycles. The van der Waals surface area contributed by atoms with E-state index in [0.29, 0.717) is 12.8 Å². The number of pyridine rings is 1. The maximum absolute atomic E-state index is 13.8. The lowest BCUT2D eigenvalue weighted by atomic mass is 10.1. The van der Waals surface area contributed by atoms with Gasteiger partial charge in [-0.1, -0.05) is 17.3 Å². The number of anilines is 2. The summed E-state index contributed by atoms with van der Waals surface area (Å²) in [6.45, 7) is 3.83. The number of nitrogens with one attached hydrogen (secondary N) is 1. The average Bonchev–Trinajstić information content (AvgIpc) is 3.16. The van der Waals surface area contributed by atoms with Gasteiger partial charge in [0, 0.05) is 24.5 Å². The van der Waals surface area contributed by atoms with Gasteiger partial charge in [0.05, 0.1) is 29.3 Å². The Morgan fingerprint density at radius 2 is 1.97 bits per heavy atom. The van der Waals surface area contributed by atoms with Gasteiger partial charge in [0.25, 0.3) is 0 Å². The fourth-order valence-electron chi connectivity index (χ4n) is 3.52. The summed E-state index contributed by atoms with van der Waals surface area (Å²) in [5, 5.41) is 11.1. The molecule has 4 rings (SSSR count). The summed E-state index contributed by atoms with van der Waals surface area (Å²) in [6.07, 6.45) is 2.96. The third-order valence-electron chi connectivity index (χ3n) is 5.41. The van der Waals surface area contributed by atoms with E-state index in [4.69, 9.17) is 0 Å². The summed E-state index contributed by atoms with van der Waals surface area (Å²) < 4.78 is 28.7. The molecule has 7 nitrogen and oxygen atoms in total. The topological polar surface area (TPSA) is 75.9 Å². The van der Waals surface area contributed by atoms with Gasteiger partial charge >= 0.3 is 0 Å². The van der Waals surface area contributed by atoms with Crippen LogP contribution in [0.25, 0.3) is 0 Å². The fourth-order valence-corrected chi connectivity index (χ4v) is 3.52. The van der Waals surface area contributed by atoms with Gasteiger partial charge in [0.15, 0.2) is 11.6 Å². The molecule has 0 aliphatic carbocycles. The molecule has 0 spiro atoms. The molecule has 0 unspecified atom stereocenters. The zero-order valence-electron chi connectivity index (χ0n) is 17.0. The monoisotopic (exact) mass is 412 g/mol. The second kappa shape index (κ2) is 7.81. The number of rotatable bonds is 5. The molecule has 30 heavy (non-hydrogen) atoms. The number of likely N-dealkylation sites (N-methyl/N-ethyl adjacent to an activating group) is 1. The Bertz CT molecular complexity index is 1110. The number of hydrogen-bond donors (Lipinski definition) is 1. The standard InChI is InChI=1S/C21H22F2N6O/c1-12-20-18(28(3)13(2)21(30)25-20)9-15(24-12)7-8-16-11-29(27-26-16)10-14-5-4-6-17(22)19(14)23/h4-6,9,11,13H,7-8,10H2,1-3H3,(H,25,30)/t13-/m0/s1. The normalized spacial score (nSPS) is 15.8. The first-order valence-corrected chi connectivity index (χ1v) is 9.69. The highest BCUT2D eigenvalue weighted by Gasteiger charge is 2.28. The number of benzene rings is 1. The summed E-state index contributed by atoms with van der Waals surface area (Å²) >= 11 is 0. The van der Waals surface area contributed by atoms with Crippen LogP contribution in [0, 0.1) is 18.6 Å². The zero-order valence-corrected chi connectivity index (χ0v) is 17.0. The van der Waals surface area contributed by atoms with Crippen molar-refractivity contribution in [3.05, 3.63) is 64.7 Å². The minimum absolute atomic E-state index is 0.0472. The number of carbonyl (C=O) groups is 1. The van der Waals surface area contributed by atoms with Crippen LogP contribution in [0.2, 0.25) is 0 Å². The first kappa shape index (κ1) is 19.9. The third kappa shape index (κ3) is 3.74. The molecule has 0 saturated heterocycles. The van der Waals surface area contributed by atoms with Crippen LogP contribution in [0.4, 0.5) is 20.2 Å². The van der Waals surface area contributed by atoms with Crippen LogP contribution in [-0.4, -0.2) is 39.0 Å². The average molecular weight is 412 g/mol. The van der Waals surface area contributed by atoms with Crippen LogP contribution in [0.1, 0.15) is 29.6 Å². The molecule has 1 aliphatic heterocycles. The van der Waals surface area contributed by atoms with E-state index in [1.54, 1.807) is 6.20 Å². The van der Waals surface area contributed by atoms with Gasteiger partial charge in [-0.2, -0.15) is 0 Å². The Morgan fingerprint density at radius 1 is 1.20 bits per heavy atom. The molecule has 3 aromatic rings. The third-order valence-corrected chi connectivity index (χ3v) is 5.41. The van der Waals surface area contributed by atoms with Crippen molar-refractivity contribution in [3.8, 4) is 0 Å². The Morgan fingerprint density at radius 3 is 2.77 bits per heavy atom. The Balaban J connectivity index is 1.47. The second-order valence-electron chi connectivity index (χ2n) is 7.49. The van der Waals surface area contributed by atoms with E-state index >= 15 is 0 Å². The largest absolute Gasteiger partial charge is 0.361 e. The predicted octanol–water partition coefficient (Wildman–Crippen LogP) is 2.87. The first-order valence-electron chi connectivity index (χ1n) is 9.69. The molecule has 1 aromatic carbocycles. The molecule has 0 fully saturated rings. The molecule has 0 radical (unpaired) electrons. The SMILES string of the molecule is Cc1nc(CCc2cn(Cc3cccc(F)c3F)nn2)cc2c1NC(=O)[C@H](C)N2C. The summed E-state index contributed by atoms with van der Waals surface area (Å²) in [5.74, 6) is -1.79. The van der Waals surface area contributed by atoms with Crippen molar-refractivity contribution in [2.45, 2.75) is 39.3 Å². The summed E-state index contributed by atoms with van der Waals surface area (Å²) in [7, 11) is 1.89. The molecule has 1 N–H and O–H groups in total. The molecule has 1 atom stereocenters. The van der Waals surface area contributed by atoms with Gasteiger partial charge in [-0.25, -0.2) is 13.5 Å². The molecular formula is C21H22F2N6O. The highest BCUT2D eigenvalue weighted by molar-refractivity contribution is 6.03. The molecule has 1 amide bonds. The summed E-state index contributed by atoms with van der Waals surface area (Å²) in [4.78, 5) is 18.6. The number of amides is 1. The van der Waals surface area contributed by atoms with Crippen LogP contribution >= 0.6 is 0 Å². The number of nitrogens with zero attached hydrogens (tertiary/aromatic N) is 5. The number of hydrogen-bond acceptors (Lipinski definition) is 5. The Labute approximate surface area is 172 Å². The van der Waals surface area contributed by atoms with E-state index in [1.165, 1.54) is 16.8 Å². The molecule has 9 heteroatoms. The number of halogens is 2. The van der Waals surface area contributed by atoms with Gasteiger partial charge in [-0.3, -0.25) is 9.78 Å². The maximum atomic E-state index is 13.8. The maximum Gasteiger partial charge on any atom is 0.246 e.